The van der Waals surface area contributed by atoms with Gasteiger partial charge in [-0.2, -0.15) is 0 Å². The van der Waals surface area contributed by atoms with E-state index in [4.69, 9.17) is 9.47 Å². The number of fused-ring (bicyclic) bond motifs is 2. The van der Waals surface area contributed by atoms with Gasteiger partial charge in [0.05, 0.1) is 19.8 Å². The van der Waals surface area contributed by atoms with Crippen molar-refractivity contribution in [1.29, 1.82) is 0 Å². The molecule has 1 aromatic carbocycles. The van der Waals surface area contributed by atoms with Crippen molar-refractivity contribution in [2.75, 3.05) is 32.2 Å². The van der Waals surface area contributed by atoms with E-state index in [0.717, 1.165) is 24.3 Å². The van der Waals surface area contributed by atoms with Crippen LogP contribution in [0.1, 0.15) is 18.4 Å². The van der Waals surface area contributed by atoms with Gasteiger partial charge in [0.1, 0.15) is 0 Å². The molecule has 1 saturated carbocycles. The summed E-state index contributed by atoms with van der Waals surface area (Å²) in [5.74, 6) is 2.46. The van der Waals surface area contributed by atoms with E-state index in [1.807, 2.05) is 0 Å². The number of ether oxygens (including phenoxy) is 2. The molecule has 1 aromatic rings. The normalized spacial score (nSPS) is 26.4. The maximum atomic E-state index is 5.57. The highest BCUT2D eigenvalue weighted by atomic mass is 16.5. The highest BCUT2D eigenvalue weighted by Gasteiger charge is 2.35. The summed E-state index contributed by atoms with van der Waals surface area (Å²) in [5.41, 5.74) is 2.42. The first-order valence-electron chi connectivity index (χ1n) is 7.93. The number of nitrogens with one attached hydrogen (secondary N) is 1. The van der Waals surface area contributed by atoms with E-state index in [-0.39, 0.29) is 0 Å². The average molecular weight is 287 g/mol. The lowest BCUT2D eigenvalue weighted by Crippen LogP contribution is -2.18. The van der Waals surface area contributed by atoms with Crippen molar-refractivity contribution in [3.63, 3.8) is 0 Å². The first-order chi connectivity index (χ1) is 10.3. The molecule has 3 nitrogen and oxygen atoms in total. The summed E-state index contributed by atoms with van der Waals surface area (Å²) in [5, 5.41) is 3.60. The lowest BCUT2D eigenvalue weighted by Gasteiger charge is -2.19. The number of hydrogen-bond donors (Lipinski definition) is 1. The van der Waals surface area contributed by atoms with Crippen molar-refractivity contribution in [3.05, 3.63) is 42.0 Å². The number of hydrogen-bond acceptors (Lipinski definition) is 3. The van der Waals surface area contributed by atoms with Crippen LogP contribution < -0.4 is 5.32 Å². The molecule has 3 unspecified atom stereocenters. The zero-order valence-electron chi connectivity index (χ0n) is 12.8. The van der Waals surface area contributed by atoms with Crippen molar-refractivity contribution < 1.29 is 9.47 Å². The van der Waals surface area contributed by atoms with Gasteiger partial charge in [0, 0.05) is 19.3 Å². The largest absolute Gasteiger partial charge is 0.385 e. The number of anilines is 1. The van der Waals surface area contributed by atoms with Crippen LogP contribution in [0.2, 0.25) is 0 Å². The van der Waals surface area contributed by atoms with Crippen molar-refractivity contribution in [1.82, 2.24) is 0 Å². The van der Waals surface area contributed by atoms with E-state index in [2.05, 4.69) is 41.7 Å². The SMILES string of the molecule is COCCOCc1cccc(NCC2CC3C=CC2C3)c1. The number of methoxy groups -OCH3 is 1. The molecular weight excluding hydrogens is 262 g/mol. The molecule has 3 atom stereocenters. The summed E-state index contributed by atoms with van der Waals surface area (Å²) in [6.45, 7) is 3.02. The summed E-state index contributed by atoms with van der Waals surface area (Å²) < 4.78 is 10.6. The lowest BCUT2D eigenvalue weighted by molar-refractivity contribution is 0.0617. The van der Waals surface area contributed by atoms with Gasteiger partial charge in [0.15, 0.2) is 0 Å². The molecule has 0 aromatic heterocycles. The molecule has 21 heavy (non-hydrogen) atoms. The second-order valence-corrected chi connectivity index (χ2v) is 6.17. The van der Waals surface area contributed by atoms with E-state index in [1.165, 1.54) is 24.1 Å². The van der Waals surface area contributed by atoms with E-state index < -0.39 is 0 Å². The maximum absolute atomic E-state index is 5.57. The molecule has 0 radical (unpaired) electrons. The van der Waals surface area contributed by atoms with Crippen LogP contribution >= 0.6 is 0 Å². The zero-order chi connectivity index (χ0) is 14.5. The summed E-state index contributed by atoms with van der Waals surface area (Å²) in [4.78, 5) is 0. The molecule has 1 N–H and O–H groups in total. The Morgan fingerprint density at radius 3 is 2.90 bits per heavy atom. The summed E-state index contributed by atoms with van der Waals surface area (Å²) in [7, 11) is 1.69. The maximum Gasteiger partial charge on any atom is 0.0718 e. The molecule has 3 heteroatoms. The first kappa shape index (κ1) is 14.6. The Balaban J connectivity index is 1.46. The van der Waals surface area contributed by atoms with Crippen LogP contribution in [0.25, 0.3) is 0 Å². The molecule has 2 bridgehead atoms. The average Bonchev–Trinajstić information content (AvgIpc) is 3.13. The number of rotatable bonds is 8. The Morgan fingerprint density at radius 1 is 1.19 bits per heavy atom. The Kier molecular flexibility index (Phi) is 4.94. The van der Waals surface area contributed by atoms with Crippen LogP contribution in [0.4, 0.5) is 5.69 Å². The van der Waals surface area contributed by atoms with Gasteiger partial charge in [-0.25, -0.2) is 0 Å². The molecule has 114 valence electrons. The van der Waals surface area contributed by atoms with Crippen LogP contribution in [-0.4, -0.2) is 26.9 Å². The van der Waals surface area contributed by atoms with Gasteiger partial charge in [-0.15, -0.1) is 0 Å². The van der Waals surface area contributed by atoms with Gasteiger partial charge in [-0.1, -0.05) is 24.3 Å². The molecule has 0 amide bonds. The van der Waals surface area contributed by atoms with Crippen molar-refractivity contribution >= 4 is 5.69 Å². The fraction of sp³-hybridized carbons (Fsp3) is 0.556. The summed E-state index contributed by atoms with van der Waals surface area (Å²) in [6, 6.07) is 8.54. The fourth-order valence-corrected chi connectivity index (χ4v) is 3.48. The monoisotopic (exact) mass is 287 g/mol. The third kappa shape index (κ3) is 3.86. The molecular formula is C18H25NO2. The predicted molar refractivity (Wildman–Crippen MR) is 85.3 cm³/mol. The third-order valence-electron chi connectivity index (χ3n) is 4.61. The summed E-state index contributed by atoms with van der Waals surface area (Å²) >= 11 is 0. The van der Waals surface area contributed by atoms with E-state index in [9.17, 15) is 0 Å². The predicted octanol–water partition coefficient (Wildman–Crippen LogP) is 3.47. The van der Waals surface area contributed by atoms with Crippen LogP contribution in [0.5, 0.6) is 0 Å². The lowest BCUT2D eigenvalue weighted by atomic mass is 9.93. The van der Waals surface area contributed by atoms with E-state index >= 15 is 0 Å². The van der Waals surface area contributed by atoms with Crippen LogP contribution in [-0.2, 0) is 16.1 Å². The third-order valence-corrected chi connectivity index (χ3v) is 4.61. The molecule has 0 saturated heterocycles. The standard InChI is InChI=1S/C18H25NO2/c1-20-7-8-21-13-15-3-2-4-18(11-15)19-12-17-10-14-5-6-16(17)9-14/h2-6,11,14,16-17,19H,7-10,12-13H2,1H3. The van der Waals surface area contributed by atoms with Gasteiger partial charge in [0.2, 0.25) is 0 Å². The topological polar surface area (TPSA) is 30.5 Å². The number of allylic oxidation sites excluding steroid dienone is 2. The Bertz CT molecular complexity index is 486. The Labute approximate surface area is 127 Å². The molecule has 1 fully saturated rings. The molecule has 3 rings (SSSR count). The highest BCUT2D eigenvalue weighted by Crippen LogP contribution is 2.43. The second kappa shape index (κ2) is 7.10. The summed E-state index contributed by atoms with van der Waals surface area (Å²) in [6.07, 6.45) is 7.55. The quantitative estimate of drug-likeness (QED) is 0.586. The van der Waals surface area contributed by atoms with E-state index in [0.29, 0.717) is 19.8 Å². The van der Waals surface area contributed by atoms with Gasteiger partial charge < -0.3 is 14.8 Å². The van der Waals surface area contributed by atoms with Gasteiger partial charge >= 0.3 is 0 Å². The van der Waals surface area contributed by atoms with Crippen LogP contribution in [0.3, 0.4) is 0 Å². The van der Waals surface area contributed by atoms with Crippen molar-refractivity contribution in [2.24, 2.45) is 17.8 Å². The molecule has 0 aliphatic heterocycles. The van der Waals surface area contributed by atoms with Gasteiger partial charge in [0.25, 0.3) is 0 Å². The Hall–Kier alpha value is -1.32. The highest BCUT2D eigenvalue weighted by molar-refractivity contribution is 5.45. The minimum absolute atomic E-state index is 0.644. The van der Waals surface area contributed by atoms with E-state index in [1.54, 1.807) is 7.11 Å². The first-order valence-corrected chi connectivity index (χ1v) is 7.93. The van der Waals surface area contributed by atoms with Crippen LogP contribution in [0.15, 0.2) is 36.4 Å². The zero-order valence-corrected chi connectivity index (χ0v) is 12.8. The fourth-order valence-electron chi connectivity index (χ4n) is 3.48. The molecule has 0 heterocycles. The van der Waals surface area contributed by atoms with Gasteiger partial charge in [-0.05, 0) is 48.3 Å². The second-order valence-electron chi connectivity index (χ2n) is 6.17. The van der Waals surface area contributed by atoms with Gasteiger partial charge in [-0.3, -0.25) is 0 Å². The van der Waals surface area contributed by atoms with Crippen molar-refractivity contribution in [2.45, 2.75) is 19.4 Å². The van der Waals surface area contributed by atoms with Crippen molar-refractivity contribution in [3.8, 4) is 0 Å². The smallest absolute Gasteiger partial charge is 0.0718 e. The molecule has 2 aliphatic carbocycles. The molecule has 2 aliphatic rings. The van der Waals surface area contributed by atoms with Crippen LogP contribution in [0, 0.1) is 17.8 Å². The minimum atomic E-state index is 0.644. The number of benzene rings is 1. The molecule has 0 spiro atoms. The Morgan fingerprint density at radius 2 is 2.14 bits per heavy atom. The minimum Gasteiger partial charge on any atom is -0.385 e.